The van der Waals surface area contributed by atoms with Gasteiger partial charge in [-0.3, -0.25) is 4.57 Å². The fourth-order valence-corrected chi connectivity index (χ4v) is 6.96. The molecular weight excluding hydrogens is 683 g/mol. The van der Waals surface area contributed by atoms with E-state index < -0.39 is 148 Å². The first-order chi connectivity index (χ1) is 35.7. The summed E-state index contributed by atoms with van der Waals surface area (Å²) in [6.07, 6.45) is 0. The van der Waals surface area contributed by atoms with Crippen LogP contribution in [0.1, 0.15) is 26.0 Å². The zero-order valence-corrected chi connectivity index (χ0v) is 28.8. The van der Waals surface area contributed by atoms with Crippen LogP contribution in [0.25, 0.3) is 100 Å². The highest BCUT2D eigenvalue weighted by atomic mass is 15.2. The van der Waals surface area contributed by atoms with Crippen molar-refractivity contribution in [3.8, 4) is 56.7 Å². The van der Waals surface area contributed by atoms with Crippen molar-refractivity contribution in [1.82, 2.24) is 24.1 Å². The smallest absolute Gasteiger partial charge is 0.238 e. The molecular formula is C51H33N5. The first kappa shape index (κ1) is 18.1. The van der Waals surface area contributed by atoms with Crippen molar-refractivity contribution in [3.63, 3.8) is 0 Å². The Bertz CT molecular complexity index is 4300. The summed E-state index contributed by atoms with van der Waals surface area (Å²) in [5, 5.41) is -1.24. The SMILES string of the molecule is [2H]c1c([2H])c([2H])c(-c2c([2H])c([2H])c([2H])c(-n3c4c([2H])c([2H])c([2H])c([2H])c4c4c5c6c([2H])c([2H])c([2H])c([2H])c6n(-c6nc(-c7ccccc7)nc(-c7ccc(-c8ccccc8)cc7)n6)c5c([2H])c([2H])c43)c2[2H])c([2H])c1[2H]. The monoisotopic (exact) mass is 734 g/mol. The zero-order chi connectivity index (χ0) is 53.5. The molecule has 11 rings (SSSR count). The predicted octanol–water partition coefficient (Wildman–Crippen LogP) is 12.7. The number of hydrogen-bond donors (Lipinski definition) is 0. The molecule has 0 spiro atoms. The predicted molar refractivity (Wildman–Crippen MR) is 230 cm³/mol. The number of para-hydroxylation sites is 2. The summed E-state index contributed by atoms with van der Waals surface area (Å²) in [5.74, 6) is -0.0690. The van der Waals surface area contributed by atoms with Gasteiger partial charge in [-0.25, -0.2) is 4.98 Å². The quantitative estimate of drug-likeness (QED) is 0.171. The third-order valence-electron chi connectivity index (χ3n) is 9.44. The molecule has 5 heteroatoms. The van der Waals surface area contributed by atoms with Crippen LogP contribution < -0.4 is 0 Å². The second-order valence-corrected chi connectivity index (χ2v) is 12.6. The lowest BCUT2D eigenvalue weighted by molar-refractivity contribution is 0.953. The van der Waals surface area contributed by atoms with Gasteiger partial charge in [0, 0.05) is 38.4 Å². The van der Waals surface area contributed by atoms with E-state index in [1.54, 1.807) is 42.5 Å². The highest BCUT2D eigenvalue weighted by Gasteiger charge is 2.22. The number of nitrogens with zero attached hydrogens (tertiary/aromatic N) is 5. The third kappa shape index (κ3) is 5.21. The van der Waals surface area contributed by atoms with E-state index in [1.165, 1.54) is 4.57 Å². The minimum Gasteiger partial charge on any atom is -0.309 e. The van der Waals surface area contributed by atoms with E-state index in [2.05, 4.69) is 0 Å². The molecule has 8 aromatic carbocycles. The van der Waals surface area contributed by atoms with Gasteiger partial charge >= 0.3 is 0 Å². The van der Waals surface area contributed by atoms with Crippen LogP contribution in [0.5, 0.6) is 0 Å². The molecule has 0 radical (unpaired) electrons. The average Bonchev–Trinajstić information content (AvgIpc) is 3.97. The largest absolute Gasteiger partial charge is 0.309 e. The molecule has 3 aromatic heterocycles. The van der Waals surface area contributed by atoms with E-state index in [1.807, 2.05) is 42.5 Å². The topological polar surface area (TPSA) is 48.5 Å². The summed E-state index contributed by atoms with van der Waals surface area (Å²) < 4.78 is 175. The van der Waals surface area contributed by atoms with Crippen molar-refractivity contribution in [2.75, 3.05) is 0 Å². The second kappa shape index (κ2) is 13.0. The Morgan fingerprint density at radius 1 is 0.357 bits per heavy atom. The van der Waals surface area contributed by atoms with Gasteiger partial charge in [0.1, 0.15) is 0 Å². The molecule has 0 bridgehead atoms. The Hall–Kier alpha value is -7.63. The van der Waals surface area contributed by atoms with Crippen molar-refractivity contribution in [2.24, 2.45) is 0 Å². The number of rotatable bonds is 6. The summed E-state index contributed by atoms with van der Waals surface area (Å²) in [7, 11) is 0. The summed E-state index contributed by atoms with van der Waals surface area (Å²) >= 11 is 0. The molecule has 262 valence electrons. The average molecular weight is 735 g/mol. The highest BCUT2D eigenvalue weighted by molar-refractivity contribution is 6.28. The van der Waals surface area contributed by atoms with Crippen molar-refractivity contribution in [2.45, 2.75) is 0 Å². The van der Waals surface area contributed by atoms with E-state index >= 15 is 0 Å². The Morgan fingerprint density at radius 2 is 0.857 bits per heavy atom. The van der Waals surface area contributed by atoms with Crippen molar-refractivity contribution in [1.29, 1.82) is 0 Å². The Labute approximate surface area is 350 Å². The number of aromatic nitrogens is 5. The summed E-state index contributed by atoms with van der Waals surface area (Å²) in [6, 6.07) is 10.5. The molecule has 0 aliphatic rings. The fourth-order valence-electron chi connectivity index (χ4n) is 6.96. The van der Waals surface area contributed by atoms with Crippen LogP contribution in [0.2, 0.25) is 0 Å². The van der Waals surface area contributed by atoms with Crippen LogP contribution in [-0.4, -0.2) is 24.1 Å². The Kier molecular flexibility index (Phi) is 4.22. The molecule has 11 aromatic rings. The second-order valence-electron chi connectivity index (χ2n) is 12.6. The Morgan fingerprint density at radius 3 is 1.52 bits per heavy atom. The molecule has 0 atom stereocenters. The first-order valence-electron chi connectivity index (χ1n) is 26.8. The molecule has 0 fully saturated rings. The van der Waals surface area contributed by atoms with Crippen LogP contribution >= 0.6 is 0 Å². The van der Waals surface area contributed by atoms with Gasteiger partial charge < -0.3 is 4.57 Å². The third-order valence-corrected chi connectivity index (χ3v) is 9.44. The standard InChI is InChI=1S/C51H33N5/c1-4-15-34(16-5-1)36-27-29-38(30-28-36)50-52-49(37-19-8-3-9-20-37)53-51(54-50)56-44-26-13-11-24-42(44)48-46(56)32-31-45-47(48)41-23-10-12-25-43(41)55(45)40-22-14-21-39(33-40)35-17-6-2-7-18-35/h1-33H/i2D,6D,7D,10D,11D,12D,13D,14D,17D,18D,21D,22D,23D,24D,25D,26D,31D,32D,33D. The summed E-state index contributed by atoms with van der Waals surface area (Å²) in [6.45, 7) is 0. The Balaban J connectivity index is 1.35. The van der Waals surface area contributed by atoms with E-state index in [4.69, 9.17) is 30.0 Å². The lowest BCUT2D eigenvalue weighted by Gasteiger charge is -2.12. The van der Waals surface area contributed by atoms with E-state index in [0.29, 0.717) is 11.1 Å². The zero-order valence-electron chi connectivity index (χ0n) is 47.8. The molecule has 0 saturated heterocycles. The molecule has 0 saturated carbocycles. The maximum absolute atomic E-state index is 9.94. The van der Waals surface area contributed by atoms with Gasteiger partial charge in [0.25, 0.3) is 0 Å². The summed E-state index contributed by atoms with van der Waals surface area (Å²) in [5.41, 5.74) is -0.906. The highest BCUT2D eigenvalue weighted by Crippen LogP contribution is 2.42. The van der Waals surface area contributed by atoms with E-state index in [-0.39, 0.29) is 44.8 Å². The fraction of sp³-hybridized carbons (Fsp3) is 0. The minimum absolute atomic E-state index is 0.101. The van der Waals surface area contributed by atoms with Crippen molar-refractivity contribution >= 4 is 43.6 Å². The van der Waals surface area contributed by atoms with Crippen LogP contribution in [0.3, 0.4) is 0 Å². The first-order valence-corrected chi connectivity index (χ1v) is 17.3. The molecule has 3 heterocycles. The lowest BCUT2D eigenvalue weighted by atomic mass is 10.0. The lowest BCUT2D eigenvalue weighted by Crippen LogP contribution is -2.06. The maximum atomic E-state index is 9.94. The van der Waals surface area contributed by atoms with Gasteiger partial charge in [0.05, 0.1) is 48.1 Å². The maximum Gasteiger partial charge on any atom is 0.238 e. The van der Waals surface area contributed by atoms with Gasteiger partial charge in [-0.2, -0.15) is 9.97 Å². The van der Waals surface area contributed by atoms with Gasteiger partial charge in [-0.05, 0) is 58.5 Å². The van der Waals surface area contributed by atoms with Crippen LogP contribution in [0.15, 0.2) is 200 Å². The van der Waals surface area contributed by atoms with E-state index in [9.17, 15) is 11.0 Å². The number of benzene rings is 8. The molecule has 0 aliphatic heterocycles. The molecule has 0 unspecified atom stereocenters. The van der Waals surface area contributed by atoms with Gasteiger partial charge in [0.15, 0.2) is 11.6 Å². The van der Waals surface area contributed by atoms with E-state index in [0.717, 1.165) is 15.7 Å². The minimum atomic E-state index is -0.933. The van der Waals surface area contributed by atoms with Crippen LogP contribution in [0, 0.1) is 0 Å². The van der Waals surface area contributed by atoms with Gasteiger partial charge in [-0.15, -0.1) is 0 Å². The molecule has 0 amide bonds. The molecule has 5 nitrogen and oxygen atoms in total. The molecule has 56 heavy (non-hydrogen) atoms. The van der Waals surface area contributed by atoms with Crippen LogP contribution in [0.4, 0.5) is 0 Å². The normalized spacial score (nSPS) is 16.3. The van der Waals surface area contributed by atoms with Crippen LogP contribution in [-0.2, 0) is 0 Å². The number of hydrogen-bond acceptors (Lipinski definition) is 3. The van der Waals surface area contributed by atoms with Gasteiger partial charge in [0.2, 0.25) is 5.95 Å². The van der Waals surface area contributed by atoms with Crippen molar-refractivity contribution < 1.29 is 26.0 Å². The summed E-state index contributed by atoms with van der Waals surface area (Å²) in [4.78, 5) is 14.6. The van der Waals surface area contributed by atoms with Crippen molar-refractivity contribution in [3.05, 3.63) is 200 Å². The molecule has 0 aliphatic carbocycles. The number of fused-ring (bicyclic) bond motifs is 7. The van der Waals surface area contributed by atoms with Gasteiger partial charge in [-0.1, -0.05) is 163 Å². The molecule has 0 N–H and O–H groups in total.